The van der Waals surface area contributed by atoms with Crippen molar-refractivity contribution in [3.8, 4) is 0 Å². The molecule has 2 amide bonds. The van der Waals surface area contributed by atoms with Crippen LogP contribution in [-0.2, 0) is 9.53 Å². The normalized spacial score (nSPS) is 19.1. The van der Waals surface area contributed by atoms with Crippen LogP contribution >= 0.6 is 0 Å². The van der Waals surface area contributed by atoms with Gasteiger partial charge in [-0.15, -0.1) is 0 Å². The number of carbonyl (C=O) groups excluding carboxylic acids is 2. The fraction of sp³-hybridized carbons (Fsp3) is 0.391. The minimum atomic E-state index is -0.482. The van der Waals surface area contributed by atoms with Gasteiger partial charge in [-0.2, -0.15) is 0 Å². The van der Waals surface area contributed by atoms with Gasteiger partial charge in [-0.25, -0.2) is 0 Å². The van der Waals surface area contributed by atoms with Crippen molar-refractivity contribution in [3.63, 3.8) is 0 Å². The number of aliphatic hydroxyl groups excluding tert-OH is 1. The molecule has 154 valence electrons. The van der Waals surface area contributed by atoms with E-state index in [0.717, 1.165) is 17.5 Å². The lowest BCUT2D eigenvalue weighted by atomic mass is 9.97. The van der Waals surface area contributed by atoms with Crippen molar-refractivity contribution in [3.05, 3.63) is 65.2 Å². The maximum Gasteiger partial charge on any atom is 0.254 e. The molecule has 1 heterocycles. The molecule has 2 N–H and O–H groups in total. The van der Waals surface area contributed by atoms with Crippen LogP contribution in [0.4, 0.5) is 5.69 Å². The molecular weight excluding hydrogens is 368 g/mol. The molecule has 0 saturated carbocycles. The van der Waals surface area contributed by atoms with E-state index in [1.165, 1.54) is 0 Å². The second-order valence-corrected chi connectivity index (χ2v) is 7.27. The van der Waals surface area contributed by atoms with Gasteiger partial charge in [0.05, 0.1) is 19.3 Å². The molecule has 2 aromatic rings. The number of rotatable bonds is 6. The lowest BCUT2D eigenvalue weighted by molar-refractivity contribution is -0.116. The Labute approximate surface area is 171 Å². The second-order valence-electron chi connectivity index (χ2n) is 7.27. The van der Waals surface area contributed by atoms with Gasteiger partial charge in [0.2, 0.25) is 5.91 Å². The number of aryl methyl sites for hydroxylation is 1. The topological polar surface area (TPSA) is 78.9 Å². The van der Waals surface area contributed by atoms with Gasteiger partial charge in [0, 0.05) is 24.2 Å². The van der Waals surface area contributed by atoms with E-state index >= 15 is 0 Å². The van der Waals surface area contributed by atoms with Crippen molar-refractivity contribution in [1.82, 2.24) is 4.90 Å². The Morgan fingerprint density at radius 2 is 1.97 bits per heavy atom. The van der Waals surface area contributed by atoms with Crippen LogP contribution in [0.5, 0.6) is 0 Å². The Morgan fingerprint density at radius 1 is 1.21 bits per heavy atom. The lowest BCUT2D eigenvalue weighted by Crippen LogP contribution is -2.49. The molecule has 1 aliphatic heterocycles. The molecule has 29 heavy (non-hydrogen) atoms. The summed E-state index contributed by atoms with van der Waals surface area (Å²) in [5.41, 5.74) is 2.98. The molecule has 0 aliphatic carbocycles. The average Bonchev–Trinajstić information content (AvgIpc) is 2.75. The molecule has 1 fully saturated rings. The van der Waals surface area contributed by atoms with Crippen LogP contribution in [0.15, 0.2) is 48.5 Å². The highest BCUT2D eigenvalue weighted by Crippen LogP contribution is 2.31. The van der Waals surface area contributed by atoms with Crippen molar-refractivity contribution >= 4 is 17.5 Å². The van der Waals surface area contributed by atoms with E-state index in [-0.39, 0.29) is 24.5 Å². The van der Waals surface area contributed by atoms with Crippen LogP contribution < -0.4 is 5.32 Å². The van der Waals surface area contributed by atoms with E-state index in [2.05, 4.69) is 5.32 Å². The number of nitrogens with one attached hydrogen (secondary N) is 1. The molecule has 6 nitrogen and oxygen atoms in total. The minimum absolute atomic E-state index is 0.0610. The van der Waals surface area contributed by atoms with Gasteiger partial charge in [0.1, 0.15) is 6.10 Å². The van der Waals surface area contributed by atoms with E-state index in [4.69, 9.17) is 4.74 Å². The molecular formula is C23H28N2O4. The summed E-state index contributed by atoms with van der Waals surface area (Å²) >= 11 is 0. The van der Waals surface area contributed by atoms with Crippen molar-refractivity contribution in [2.24, 2.45) is 0 Å². The van der Waals surface area contributed by atoms with Gasteiger partial charge in [-0.3, -0.25) is 9.59 Å². The molecule has 6 heteroatoms. The number of nitrogens with zero attached hydrogens (tertiary/aromatic N) is 1. The van der Waals surface area contributed by atoms with Crippen molar-refractivity contribution in [2.45, 2.75) is 38.8 Å². The van der Waals surface area contributed by atoms with E-state index < -0.39 is 6.10 Å². The zero-order valence-corrected chi connectivity index (χ0v) is 16.9. The number of amides is 2. The summed E-state index contributed by atoms with van der Waals surface area (Å²) < 4.78 is 5.73. The number of morpholine rings is 1. The predicted molar refractivity (Wildman–Crippen MR) is 112 cm³/mol. The Bertz CT molecular complexity index is 853. The van der Waals surface area contributed by atoms with E-state index in [1.807, 2.05) is 50.2 Å². The SMILES string of the molecule is CCCC(=O)Nc1cc(C(=O)N2CCO[C@H](CO)[C@H]2c2ccccc2)ccc1C. The van der Waals surface area contributed by atoms with Gasteiger partial charge >= 0.3 is 0 Å². The first-order valence-corrected chi connectivity index (χ1v) is 10.0. The predicted octanol–water partition coefficient (Wildman–Crippen LogP) is 3.31. The summed E-state index contributed by atoms with van der Waals surface area (Å²) in [6, 6.07) is 14.6. The Balaban J connectivity index is 1.90. The average molecular weight is 396 g/mol. The third-order valence-corrected chi connectivity index (χ3v) is 5.17. The molecule has 0 unspecified atom stereocenters. The zero-order valence-electron chi connectivity index (χ0n) is 16.9. The fourth-order valence-corrected chi connectivity index (χ4v) is 3.65. The van der Waals surface area contributed by atoms with Crippen LogP contribution in [0.25, 0.3) is 0 Å². The number of hydrogen-bond donors (Lipinski definition) is 2. The largest absolute Gasteiger partial charge is 0.394 e. The molecule has 3 rings (SSSR count). The Hall–Kier alpha value is -2.70. The first kappa shape index (κ1) is 21.0. The Morgan fingerprint density at radius 3 is 2.66 bits per heavy atom. The second kappa shape index (κ2) is 9.67. The van der Waals surface area contributed by atoms with Gasteiger partial charge in [-0.1, -0.05) is 43.3 Å². The van der Waals surface area contributed by atoms with Crippen molar-refractivity contribution < 1.29 is 19.4 Å². The number of aliphatic hydroxyl groups is 1. The third-order valence-electron chi connectivity index (χ3n) is 5.17. The molecule has 0 radical (unpaired) electrons. The van der Waals surface area contributed by atoms with Gasteiger partial charge in [0.15, 0.2) is 0 Å². The van der Waals surface area contributed by atoms with Crippen molar-refractivity contribution in [1.29, 1.82) is 0 Å². The highest BCUT2D eigenvalue weighted by molar-refractivity contribution is 5.98. The minimum Gasteiger partial charge on any atom is -0.394 e. The molecule has 0 bridgehead atoms. The summed E-state index contributed by atoms with van der Waals surface area (Å²) in [4.78, 5) is 27.2. The fourth-order valence-electron chi connectivity index (χ4n) is 3.65. The number of anilines is 1. The Kier molecular flexibility index (Phi) is 7.01. The summed E-state index contributed by atoms with van der Waals surface area (Å²) in [6.07, 6.45) is 0.720. The molecule has 2 atom stereocenters. The lowest BCUT2D eigenvalue weighted by Gasteiger charge is -2.41. The maximum absolute atomic E-state index is 13.4. The highest BCUT2D eigenvalue weighted by atomic mass is 16.5. The highest BCUT2D eigenvalue weighted by Gasteiger charge is 2.36. The summed E-state index contributed by atoms with van der Waals surface area (Å²) in [7, 11) is 0. The number of ether oxygens (including phenoxy) is 1. The number of benzene rings is 2. The zero-order chi connectivity index (χ0) is 20.8. The maximum atomic E-state index is 13.4. The molecule has 2 aromatic carbocycles. The standard InChI is InChI=1S/C23H28N2O4/c1-3-7-21(27)24-19-14-18(11-10-16(19)2)23(28)25-12-13-29-20(15-26)22(25)17-8-5-4-6-9-17/h4-6,8-11,14,20,22,26H,3,7,12-13,15H2,1-2H3,(H,24,27)/t20-,22-/m1/s1. The van der Waals surface area contributed by atoms with Crippen LogP contribution in [-0.4, -0.2) is 47.7 Å². The van der Waals surface area contributed by atoms with Crippen LogP contribution in [0.3, 0.4) is 0 Å². The number of carbonyl (C=O) groups is 2. The van der Waals surface area contributed by atoms with Gasteiger partial charge in [0.25, 0.3) is 5.91 Å². The molecule has 0 spiro atoms. The van der Waals surface area contributed by atoms with Crippen molar-refractivity contribution in [2.75, 3.05) is 25.1 Å². The van der Waals surface area contributed by atoms with Crippen LogP contribution in [0.2, 0.25) is 0 Å². The van der Waals surface area contributed by atoms with E-state index in [0.29, 0.717) is 30.8 Å². The summed E-state index contributed by atoms with van der Waals surface area (Å²) in [6.45, 7) is 4.48. The van der Waals surface area contributed by atoms with Crippen LogP contribution in [0, 0.1) is 6.92 Å². The molecule has 1 saturated heterocycles. The van der Waals surface area contributed by atoms with Gasteiger partial charge in [-0.05, 0) is 36.6 Å². The first-order valence-electron chi connectivity index (χ1n) is 10.0. The van der Waals surface area contributed by atoms with Gasteiger partial charge < -0.3 is 20.1 Å². The van der Waals surface area contributed by atoms with Crippen LogP contribution in [0.1, 0.15) is 47.3 Å². The molecule has 0 aromatic heterocycles. The first-order chi connectivity index (χ1) is 14.0. The summed E-state index contributed by atoms with van der Waals surface area (Å²) in [5.74, 6) is -0.208. The number of hydrogen-bond acceptors (Lipinski definition) is 4. The third kappa shape index (κ3) is 4.83. The quantitative estimate of drug-likeness (QED) is 0.785. The van der Waals surface area contributed by atoms with E-state index in [1.54, 1.807) is 17.0 Å². The van der Waals surface area contributed by atoms with E-state index in [9.17, 15) is 14.7 Å². The monoisotopic (exact) mass is 396 g/mol. The molecule has 1 aliphatic rings. The summed E-state index contributed by atoms with van der Waals surface area (Å²) in [5, 5.41) is 12.7. The smallest absolute Gasteiger partial charge is 0.254 e.